The molecule has 25 heavy (non-hydrogen) atoms. The zero-order valence-corrected chi connectivity index (χ0v) is 14.2. The van der Waals surface area contributed by atoms with Gasteiger partial charge in [0.1, 0.15) is 11.2 Å². The average molecular weight is 326 g/mol. The van der Waals surface area contributed by atoms with Gasteiger partial charge in [0, 0.05) is 22.7 Å². The third-order valence-corrected chi connectivity index (χ3v) is 4.39. The van der Waals surface area contributed by atoms with Crippen molar-refractivity contribution in [2.24, 2.45) is 0 Å². The smallest absolute Gasteiger partial charge is 0.151 e. The highest BCUT2D eigenvalue weighted by atomic mass is 16.3. The van der Waals surface area contributed by atoms with Gasteiger partial charge in [0.05, 0.1) is 5.69 Å². The Bertz CT molecular complexity index is 1050. The number of rotatable bonds is 2. The van der Waals surface area contributed by atoms with E-state index in [2.05, 4.69) is 24.0 Å². The summed E-state index contributed by atoms with van der Waals surface area (Å²) in [5.74, 6) is 0.169. The lowest BCUT2D eigenvalue weighted by Crippen LogP contribution is -1.94. The minimum atomic E-state index is 0.169. The number of aryl methyl sites for hydroxylation is 2. The van der Waals surface area contributed by atoms with Gasteiger partial charge in [-0.2, -0.15) is 0 Å². The molecule has 4 aromatic rings. The van der Waals surface area contributed by atoms with Gasteiger partial charge in [0.2, 0.25) is 0 Å². The summed E-state index contributed by atoms with van der Waals surface area (Å²) < 4.78 is 0. The maximum absolute atomic E-state index is 10.8. The Labute approximate surface area is 146 Å². The minimum Gasteiger partial charge on any atom is -0.505 e. The van der Waals surface area contributed by atoms with Gasteiger partial charge in [0.15, 0.2) is 5.75 Å². The Hall–Kier alpha value is -3.20. The van der Waals surface area contributed by atoms with Crippen LogP contribution in [0.4, 0.5) is 0 Å². The van der Waals surface area contributed by atoms with E-state index in [1.807, 2.05) is 55.5 Å². The van der Waals surface area contributed by atoms with E-state index in [0.29, 0.717) is 16.6 Å². The predicted octanol–water partition coefficient (Wildman–Crippen LogP) is 5.29. The zero-order valence-electron chi connectivity index (χ0n) is 14.2. The maximum atomic E-state index is 10.8. The first kappa shape index (κ1) is 15.3. The molecule has 0 aliphatic rings. The Balaban J connectivity index is 2.03. The van der Waals surface area contributed by atoms with Gasteiger partial charge >= 0.3 is 0 Å². The van der Waals surface area contributed by atoms with E-state index < -0.39 is 0 Å². The molecule has 2 aromatic carbocycles. The van der Waals surface area contributed by atoms with Crippen LogP contribution in [0.15, 0.2) is 66.9 Å². The van der Waals surface area contributed by atoms with Crippen molar-refractivity contribution < 1.29 is 5.11 Å². The zero-order chi connectivity index (χ0) is 17.4. The molecular weight excluding hydrogens is 308 g/mol. The molecular formula is C22H18N2O. The van der Waals surface area contributed by atoms with Crippen LogP contribution in [-0.2, 0) is 0 Å². The van der Waals surface area contributed by atoms with Crippen molar-refractivity contribution in [3.05, 3.63) is 78.0 Å². The second kappa shape index (κ2) is 6.02. The number of aromatic hydroxyl groups is 1. The van der Waals surface area contributed by atoms with Gasteiger partial charge in [-0.25, -0.2) is 4.98 Å². The van der Waals surface area contributed by atoms with Crippen LogP contribution in [-0.4, -0.2) is 15.1 Å². The Morgan fingerprint density at radius 3 is 1.88 bits per heavy atom. The first-order valence-corrected chi connectivity index (χ1v) is 8.25. The quantitative estimate of drug-likeness (QED) is 0.544. The molecule has 0 aliphatic heterocycles. The third-order valence-electron chi connectivity index (χ3n) is 4.39. The molecule has 0 saturated carbocycles. The average Bonchev–Trinajstić information content (AvgIpc) is 2.64. The van der Waals surface area contributed by atoms with Gasteiger partial charge in [-0.05, 0) is 26.0 Å². The molecule has 0 atom stereocenters. The summed E-state index contributed by atoms with van der Waals surface area (Å²) in [4.78, 5) is 9.25. The van der Waals surface area contributed by atoms with Crippen LogP contribution in [0.25, 0.3) is 33.4 Å². The van der Waals surface area contributed by atoms with E-state index in [4.69, 9.17) is 4.98 Å². The fraction of sp³-hybridized carbons (Fsp3) is 0.0909. The maximum Gasteiger partial charge on any atom is 0.151 e. The van der Waals surface area contributed by atoms with Crippen molar-refractivity contribution in [3.8, 4) is 28.3 Å². The second-order valence-corrected chi connectivity index (χ2v) is 6.29. The van der Waals surface area contributed by atoms with Gasteiger partial charge in [-0.3, -0.25) is 4.98 Å². The highest BCUT2D eigenvalue weighted by Gasteiger charge is 2.16. The summed E-state index contributed by atoms with van der Waals surface area (Å²) in [6, 6.07) is 19.9. The van der Waals surface area contributed by atoms with Crippen LogP contribution in [0.1, 0.15) is 11.1 Å². The fourth-order valence-corrected chi connectivity index (χ4v) is 2.96. The molecule has 3 nitrogen and oxygen atoms in total. The summed E-state index contributed by atoms with van der Waals surface area (Å²) in [6.45, 7) is 4.10. The van der Waals surface area contributed by atoms with Gasteiger partial charge in [0.25, 0.3) is 0 Å². The molecule has 0 saturated heterocycles. The van der Waals surface area contributed by atoms with E-state index in [1.165, 1.54) is 11.1 Å². The SMILES string of the molecule is Cc1ccc(-c2nc(-c3ccc(C)cc3)c3ncccc3c2O)cc1. The van der Waals surface area contributed by atoms with Gasteiger partial charge in [-0.15, -0.1) is 0 Å². The lowest BCUT2D eigenvalue weighted by molar-refractivity contribution is 0.481. The molecule has 122 valence electrons. The van der Waals surface area contributed by atoms with Crippen LogP contribution in [0.3, 0.4) is 0 Å². The molecule has 0 radical (unpaired) electrons. The molecule has 0 fully saturated rings. The minimum absolute atomic E-state index is 0.169. The summed E-state index contributed by atoms with van der Waals surface area (Å²) in [7, 11) is 0. The van der Waals surface area contributed by atoms with E-state index in [1.54, 1.807) is 6.20 Å². The van der Waals surface area contributed by atoms with Crippen molar-refractivity contribution in [1.82, 2.24) is 9.97 Å². The van der Waals surface area contributed by atoms with Crippen LogP contribution < -0.4 is 0 Å². The highest BCUT2D eigenvalue weighted by Crippen LogP contribution is 2.38. The van der Waals surface area contributed by atoms with Crippen molar-refractivity contribution in [3.63, 3.8) is 0 Å². The number of hydrogen-bond acceptors (Lipinski definition) is 3. The lowest BCUT2D eigenvalue weighted by atomic mass is 10.0. The molecule has 0 amide bonds. The highest BCUT2D eigenvalue weighted by molar-refractivity contribution is 5.99. The van der Waals surface area contributed by atoms with Crippen LogP contribution in [0.2, 0.25) is 0 Å². The third kappa shape index (κ3) is 2.74. The van der Waals surface area contributed by atoms with Crippen molar-refractivity contribution in [2.75, 3.05) is 0 Å². The fourth-order valence-electron chi connectivity index (χ4n) is 2.96. The molecule has 2 aromatic heterocycles. The monoisotopic (exact) mass is 326 g/mol. The van der Waals surface area contributed by atoms with E-state index in [9.17, 15) is 5.11 Å². The summed E-state index contributed by atoms with van der Waals surface area (Å²) in [5.41, 5.74) is 6.31. The topological polar surface area (TPSA) is 46.0 Å². The molecule has 0 unspecified atom stereocenters. The second-order valence-electron chi connectivity index (χ2n) is 6.29. The standard InChI is InChI=1S/C22H18N2O/c1-14-5-9-16(10-6-14)19-21-18(4-3-13-23-21)22(25)20(24-19)17-11-7-15(2)8-12-17/h3-13,25H,1-2H3. The van der Waals surface area contributed by atoms with Crippen molar-refractivity contribution in [1.29, 1.82) is 0 Å². The number of aromatic nitrogens is 2. The largest absolute Gasteiger partial charge is 0.505 e. The number of nitrogens with zero attached hydrogens (tertiary/aromatic N) is 2. The Morgan fingerprint density at radius 1 is 0.720 bits per heavy atom. The van der Waals surface area contributed by atoms with Crippen LogP contribution in [0.5, 0.6) is 5.75 Å². The van der Waals surface area contributed by atoms with Crippen molar-refractivity contribution >= 4 is 10.9 Å². The summed E-state index contributed by atoms with van der Waals surface area (Å²) >= 11 is 0. The number of hydrogen-bond donors (Lipinski definition) is 1. The number of fused-ring (bicyclic) bond motifs is 1. The molecule has 1 N–H and O–H groups in total. The summed E-state index contributed by atoms with van der Waals surface area (Å²) in [6.07, 6.45) is 1.73. The van der Waals surface area contributed by atoms with E-state index in [0.717, 1.165) is 16.8 Å². The molecule has 0 aliphatic carbocycles. The van der Waals surface area contributed by atoms with E-state index in [-0.39, 0.29) is 5.75 Å². The lowest BCUT2D eigenvalue weighted by Gasteiger charge is -2.12. The predicted molar refractivity (Wildman–Crippen MR) is 102 cm³/mol. The number of benzene rings is 2. The molecule has 3 heteroatoms. The molecule has 0 spiro atoms. The normalized spacial score (nSPS) is 11.0. The Kier molecular flexibility index (Phi) is 3.69. The molecule has 4 rings (SSSR count). The number of pyridine rings is 2. The van der Waals surface area contributed by atoms with Crippen LogP contribution >= 0.6 is 0 Å². The molecule has 2 heterocycles. The van der Waals surface area contributed by atoms with Gasteiger partial charge in [-0.1, -0.05) is 59.7 Å². The van der Waals surface area contributed by atoms with E-state index >= 15 is 0 Å². The Morgan fingerprint density at radius 2 is 1.28 bits per heavy atom. The first-order chi connectivity index (χ1) is 12.1. The van der Waals surface area contributed by atoms with Gasteiger partial charge < -0.3 is 5.11 Å². The first-order valence-electron chi connectivity index (χ1n) is 8.25. The molecule has 0 bridgehead atoms. The van der Waals surface area contributed by atoms with Crippen molar-refractivity contribution in [2.45, 2.75) is 13.8 Å². The van der Waals surface area contributed by atoms with Crippen LogP contribution in [0, 0.1) is 13.8 Å². The summed E-state index contributed by atoms with van der Waals surface area (Å²) in [5, 5.41) is 11.5.